The molecule has 0 unspecified atom stereocenters. The maximum Gasteiger partial charge on any atom is 0.127 e. The van der Waals surface area contributed by atoms with Crippen LogP contribution in [0.1, 0.15) is 11.3 Å². The number of anilines is 1. The Morgan fingerprint density at radius 2 is 2.05 bits per heavy atom. The largest absolute Gasteiger partial charge is 0.497 e. The zero-order valence-corrected chi connectivity index (χ0v) is 11.7. The normalized spacial score (nSPS) is 10.3. The summed E-state index contributed by atoms with van der Waals surface area (Å²) in [7, 11) is 5.21. The average molecular weight is 261 g/mol. The van der Waals surface area contributed by atoms with Gasteiger partial charge in [0, 0.05) is 31.4 Å². The summed E-state index contributed by atoms with van der Waals surface area (Å²) >= 11 is 0. The van der Waals surface area contributed by atoms with E-state index < -0.39 is 0 Å². The Balaban J connectivity index is 2.13. The van der Waals surface area contributed by atoms with E-state index in [0.717, 1.165) is 28.4 Å². The molecule has 0 atom stereocenters. The topological polar surface area (TPSA) is 48.3 Å². The van der Waals surface area contributed by atoms with Crippen molar-refractivity contribution in [1.29, 1.82) is 0 Å². The maximum absolute atomic E-state index is 5.37. The van der Waals surface area contributed by atoms with Crippen LogP contribution < -0.4 is 14.8 Å². The van der Waals surface area contributed by atoms with Crippen molar-refractivity contribution in [3.8, 4) is 11.5 Å². The molecule has 1 aromatic heterocycles. The van der Waals surface area contributed by atoms with E-state index in [1.165, 1.54) is 0 Å². The Kier molecular flexibility index (Phi) is 3.94. The van der Waals surface area contributed by atoms with E-state index in [9.17, 15) is 0 Å². The standard InChI is InChI=1S/C14H19N3O2/c1-10-13(9-17(2)16-10)15-8-11-5-6-12(18-3)7-14(11)19-4/h5-7,9,15H,8H2,1-4H3. The van der Waals surface area contributed by atoms with Crippen molar-refractivity contribution in [2.24, 2.45) is 7.05 Å². The summed E-state index contributed by atoms with van der Waals surface area (Å²) in [5, 5.41) is 7.65. The summed E-state index contributed by atoms with van der Waals surface area (Å²) in [6, 6.07) is 5.80. The fourth-order valence-corrected chi connectivity index (χ4v) is 1.96. The second kappa shape index (κ2) is 5.65. The fraction of sp³-hybridized carbons (Fsp3) is 0.357. The zero-order valence-electron chi connectivity index (χ0n) is 11.7. The van der Waals surface area contributed by atoms with Crippen molar-refractivity contribution >= 4 is 5.69 Å². The molecule has 0 bridgehead atoms. The number of aromatic nitrogens is 2. The number of aryl methyl sites for hydroxylation is 2. The lowest BCUT2D eigenvalue weighted by molar-refractivity contribution is 0.391. The molecule has 0 radical (unpaired) electrons. The van der Waals surface area contributed by atoms with Crippen molar-refractivity contribution in [2.45, 2.75) is 13.5 Å². The minimum absolute atomic E-state index is 0.680. The highest BCUT2D eigenvalue weighted by Gasteiger charge is 2.07. The van der Waals surface area contributed by atoms with Crippen molar-refractivity contribution in [1.82, 2.24) is 9.78 Å². The second-order valence-corrected chi connectivity index (χ2v) is 4.33. The molecule has 2 aromatic rings. The molecule has 102 valence electrons. The molecule has 1 aromatic carbocycles. The summed E-state index contributed by atoms with van der Waals surface area (Å²) in [4.78, 5) is 0. The van der Waals surface area contributed by atoms with Gasteiger partial charge in [-0.1, -0.05) is 0 Å². The first kappa shape index (κ1) is 13.3. The molecular formula is C14H19N3O2. The number of benzene rings is 1. The van der Waals surface area contributed by atoms with Gasteiger partial charge in [0.15, 0.2) is 0 Å². The minimum Gasteiger partial charge on any atom is -0.497 e. The van der Waals surface area contributed by atoms with E-state index >= 15 is 0 Å². The van der Waals surface area contributed by atoms with Crippen molar-refractivity contribution in [3.63, 3.8) is 0 Å². The van der Waals surface area contributed by atoms with Crippen LogP contribution in [0.3, 0.4) is 0 Å². The average Bonchev–Trinajstić information content (AvgIpc) is 2.74. The molecule has 5 nitrogen and oxygen atoms in total. The van der Waals surface area contributed by atoms with E-state index in [1.807, 2.05) is 38.4 Å². The lowest BCUT2D eigenvalue weighted by atomic mass is 10.2. The summed E-state index contributed by atoms with van der Waals surface area (Å²) in [5.41, 5.74) is 3.09. The number of methoxy groups -OCH3 is 2. The Labute approximate surface area is 113 Å². The van der Waals surface area contributed by atoms with Crippen molar-refractivity contribution in [2.75, 3.05) is 19.5 Å². The Hall–Kier alpha value is -2.17. The van der Waals surface area contributed by atoms with E-state index in [-0.39, 0.29) is 0 Å². The van der Waals surface area contributed by atoms with Gasteiger partial charge in [0.2, 0.25) is 0 Å². The van der Waals surface area contributed by atoms with Crippen LogP contribution in [-0.2, 0) is 13.6 Å². The van der Waals surface area contributed by atoms with Crippen molar-refractivity contribution < 1.29 is 9.47 Å². The van der Waals surface area contributed by atoms with Gasteiger partial charge in [-0.05, 0) is 19.1 Å². The van der Waals surface area contributed by atoms with E-state index in [1.54, 1.807) is 18.9 Å². The first-order valence-electron chi connectivity index (χ1n) is 6.09. The summed E-state index contributed by atoms with van der Waals surface area (Å²) in [5.74, 6) is 1.60. The quantitative estimate of drug-likeness (QED) is 0.897. The molecule has 5 heteroatoms. The summed E-state index contributed by atoms with van der Waals surface area (Å²) in [6.07, 6.45) is 1.96. The van der Waals surface area contributed by atoms with Crippen LogP contribution in [0.2, 0.25) is 0 Å². The fourth-order valence-electron chi connectivity index (χ4n) is 1.96. The third-order valence-electron chi connectivity index (χ3n) is 2.98. The van der Waals surface area contributed by atoms with E-state index in [0.29, 0.717) is 6.54 Å². The highest BCUT2D eigenvalue weighted by Crippen LogP contribution is 2.25. The van der Waals surface area contributed by atoms with Gasteiger partial charge in [-0.25, -0.2) is 0 Å². The van der Waals surface area contributed by atoms with Crippen molar-refractivity contribution in [3.05, 3.63) is 35.7 Å². The van der Waals surface area contributed by atoms with Gasteiger partial charge >= 0.3 is 0 Å². The molecule has 0 aliphatic rings. The van der Waals surface area contributed by atoms with Crippen LogP contribution in [0, 0.1) is 6.92 Å². The van der Waals surface area contributed by atoms with Crippen LogP contribution in [0.4, 0.5) is 5.69 Å². The summed E-state index contributed by atoms with van der Waals surface area (Å²) < 4.78 is 12.3. The van der Waals surface area contributed by atoms with E-state index in [4.69, 9.17) is 9.47 Å². The predicted molar refractivity (Wildman–Crippen MR) is 74.8 cm³/mol. The maximum atomic E-state index is 5.37. The number of hydrogen-bond acceptors (Lipinski definition) is 4. The third-order valence-corrected chi connectivity index (χ3v) is 2.98. The van der Waals surface area contributed by atoms with Gasteiger partial charge in [0.1, 0.15) is 11.5 Å². The monoisotopic (exact) mass is 261 g/mol. The molecule has 1 N–H and O–H groups in total. The number of nitrogens with zero attached hydrogens (tertiary/aromatic N) is 2. The highest BCUT2D eigenvalue weighted by molar-refractivity contribution is 5.48. The Bertz CT molecular complexity index is 564. The molecular weight excluding hydrogens is 242 g/mol. The zero-order chi connectivity index (χ0) is 13.8. The molecule has 1 heterocycles. The van der Waals surface area contributed by atoms with Gasteiger partial charge < -0.3 is 14.8 Å². The Morgan fingerprint density at radius 3 is 2.63 bits per heavy atom. The van der Waals surface area contributed by atoms with Crippen LogP contribution in [0.25, 0.3) is 0 Å². The molecule has 0 aliphatic carbocycles. The number of rotatable bonds is 5. The third kappa shape index (κ3) is 2.99. The molecule has 2 rings (SSSR count). The second-order valence-electron chi connectivity index (χ2n) is 4.33. The molecule has 0 fully saturated rings. The smallest absolute Gasteiger partial charge is 0.127 e. The van der Waals surface area contributed by atoms with Crippen LogP contribution in [0.5, 0.6) is 11.5 Å². The van der Waals surface area contributed by atoms with Gasteiger partial charge in [-0.3, -0.25) is 4.68 Å². The first-order valence-corrected chi connectivity index (χ1v) is 6.09. The van der Waals surface area contributed by atoms with E-state index in [2.05, 4.69) is 10.4 Å². The lowest BCUT2D eigenvalue weighted by Gasteiger charge is -2.11. The first-order chi connectivity index (χ1) is 9.13. The number of ether oxygens (including phenoxy) is 2. The van der Waals surface area contributed by atoms with Crippen LogP contribution in [-0.4, -0.2) is 24.0 Å². The highest BCUT2D eigenvalue weighted by atomic mass is 16.5. The lowest BCUT2D eigenvalue weighted by Crippen LogP contribution is -2.02. The molecule has 0 aliphatic heterocycles. The SMILES string of the molecule is COc1ccc(CNc2cn(C)nc2C)c(OC)c1. The van der Waals surface area contributed by atoms with Gasteiger partial charge in [-0.15, -0.1) is 0 Å². The number of hydrogen-bond donors (Lipinski definition) is 1. The van der Waals surface area contributed by atoms with Gasteiger partial charge in [0.25, 0.3) is 0 Å². The molecule has 0 saturated carbocycles. The Morgan fingerprint density at radius 1 is 1.26 bits per heavy atom. The number of nitrogens with one attached hydrogen (secondary N) is 1. The minimum atomic E-state index is 0.680. The predicted octanol–water partition coefficient (Wildman–Crippen LogP) is 2.36. The molecule has 19 heavy (non-hydrogen) atoms. The molecule has 0 spiro atoms. The van der Waals surface area contributed by atoms with Gasteiger partial charge in [-0.2, -0.15) is 5.10 Å². The molecule has 0 saturated heterocycles. The van der Waals surface area contributed by atoms with Gasteiger partial charge in [0.05, 0.1) is 25.6 Å². The molecule has 0 amide bonds. The summed E-state index contributed by atoms with van der Waals surface area (Å²) in [6.45, 7) is 2.66. The van der Waals surface area contributed by atoms with Crippen LogP contribution in [0.15, 0.2) is 24.4 Å². The van der Waals surface area contributed by atoms with Crippen LogP contribution >= 0.6 is 0 Å².